The van der Waals surface area contributed by atoms with Gasteiger partial charge in [-0.15, -0.1) is 0 Å². The SMILES string of the molecule is CCOC(=O)C1CCCN(c2ncnc(Nc3ccc(F)c(Cl)c3)c2N)C1. The molecule has 3 N–H and O–H groups in total. The first-order chi connectivity index (χ1) is 13.0. The van der Waals surface area contributed by atoms with Gasteiger partial charge in [0.15, 0.2) is 11.6 Å². The van der Waals surface area contributed by atoms with Crippen molar-refractivity contribution in [2.45, 2.75) is 19.8 Å². The fraction of sp³-hybridized carbons (Fsp3) is 0.389. The number of hydrogen-bond donors (Lipinski definition) is 2. The van der Waals surface area contributed by atoms with E-state index in [9.17, 15) is 9.18 Å². The maximum absolute atomic E-state index is 13.3. The third-order valence-corrected chi connectivity index (χ3v) is 4.68. The Labute approximate surface area is 161 Å². The second kappa shape index (κ2) is 8.39. The number of esters is 1. The Morgan fingerprint density at radius 2 is 2.30 bits per heavy atom. The Kier molecular flexibility index (Phi) is 5.95. The third kappa shape index (κ3) is 4.39. The second-order valence-electron chi connectivity index (χ2n) is 6.25. The highest BCUT2D eigenvalue weighted by atomic mass is 35.5. The van der Waals surface area contributed by atoms with Crippen molar-refractivity contribution in [3.05, 3.63) is 35.4 Å². The van der Waals surface area contributed by atoms with Gasteiger partial charge in [-0.3, -0.25) is 4.79 Å². The van der Waals surface area contributed by atoms with Crippen LogP contribution < -0.4 is 16.0 Å². The fourth-order valence-corrected chi connectivity index (χ4v) is 3.25. The van der Waals surface area contributed by atoms with Crippen LogP contribution in [0.2, 0.25) is 5.02 Å². The minimum atomic E-state index is -0.503. The van der Waals surface area contributed by atoms with E-state index in [2.05, 4.69) is 15.3 Å². The summed E-state index contributed by atoms with van der Waals surface area (Å²) in [5.74, 6) is 0.0297. The molecule has 1 fully saturated rings. The Morgan fingerprint density at radius 3 is 3.04 bits per heavy atom. The highest BCUT2D eigenvalue weighted by molar-refractivity contribution is 6.31. The van der Waals surface area contributed by atoms with Crippen LogP contribution >= 0.6 is 11.6 Å². The molecule has 0 aliphatic carbocycles. The number of halogens is 2. The molecule has 1 aromatic carbocycles. The first kappa shape index (κ1) is 19.2. The lowest BCUT2D eigenvalue weighted by Crippen LogP contribution is -2.40. The van der Waals surface area contributed by atoms with Crippen LogP contribution in [0.25, 0.3) is 0 Å². The summed E-state index contributed by atoms with van der Waals surface area (Å²) in [5.41, 5.74) is 7.16. The summed E-state index contributed by atoms with van der Waals surface area (Å²) in [6.07, 6.45) is 3.01. The van der Waals surface area contributed by atoms with Crippen molar-refractivity contribution < 1.29 is 13.9 Å². The molecule has 7 nitrogen and oxygen atoms in total. The van der Waals surface area contributed by atoms with Crippen LogP contribution in [0.4, 0.5) is 27.4 Å². The predicted molar refractivity (Wildman–Crippen MR) is 103 cm³/mol. The standard InChI is InChI=1S/C18H21ClFN5O2/c1-2-27-18(26)11-4-3-7-25(9-11)17-15(21)16(22-10-23-17)24-12-5-6-14(20)13(19)8-12/h5-6,8,10-11H,2-4,7,9,21H2,1H3,(H,22,23,24). The van der Waals surface area contributed by atoms with Gasteiger partial charge in [-0.1, -0.05) is 11.6 Å². The number of hydrogen-bond acceptors (Lipinski definition) is 7. The maximum Gasteiger partial charge on any atom is 0.310 e. The highest BCUT2D eigenvalue weighted by Crippen LogP contribution is 2.32. The molecular formula is C18H21ClFN5O2. The van der Waals surface area contributed by atoms with E-state index < -0.39 is 5.82 Å². The van der Waals surface area contributed by atoms with E-state index in [0.717, 1.165) is 19.4 Å². The van der Waals surface area contributed by atoms with Crippen LogP contribution in [0.1, 0.15) is 19.8 Å². The summed E-state index contributed by atoms with van der Waals surface area (Å²) < 4.78 is 18.5. The number of nitrogens with two attached hydrogens (primary N) is 1. The molecule has 0 amide bonds. The van der Waals surface area contributed by atoms with Crippen molar-refractivity contribution in [1.82, 2.24) is 9.97 Å². The summed E-state index contributed by atoms with van der Waals surface area (Å²) in [7, 11) is 0. The van der Waals surface area contributed by atoms with E-state index in [-0.39, 0.29) is 16.9 Å². The summed E-state index contributed by atoms with van der Waals surface area (Å²) in [6.45, 7) is 3.38. The van der Waals surface area contributed by atoms with Crippen LogP contribution in [0.5, 0.6) is 0 Å². The van der Waals surface area contributed by atoms with Crippen molar-refractivity contribution >= 4 is 40.6 Å². The fourth-order valence-electron chi connectivity index (χ4n) is 3.07. The van der Waals surface area contributed by atoms with Gasteiger partial charge in [0.2, 0.25) is 0 Å². The normalized spacial score (nSPS) is 16.9. The van der Waals surface area contributed by atoms with E-state index in [0.29, 0.717) is 36.2 Å². The summed E-state index contributed by atoms with van der Waals surface area (Å²) in [5, 5.41) is 3.03. The number of anilines is 4. The minimum absolute atomic E-state index is 0.00107. The van der Waals surface area contributed by atoms with Gasteiger partial charge in [0.05, 0.1) is 17.5 Å². The van der Waals surface area contributed by atoms with Gasteiger partial charge in [-0.2, -0.15) is 0 Å². The molecular weight excluding hydrogens is 373 g/mol. The van der Waals surface area contributed by atoms with Gasteiger partial charge in [-0.25, -0.2) is 14.4 Å². The van der Waals surface area contributed by atoms with Crippen LogP contribution in [-0.2, 0) is 9.53 Å². The Bertz CT molecular complexity index is 835. The van der Waals surface area contributed by atoms with Gasteiger partial charge in [0.1, 0.15) is 17.8 Å². The first-order valence-electron chi connectivity index (χ1n) is 8.73. The number of aromatic nitrogens is 2. The van der Waals surface area contributed by atoms with Crippen molar-refractivity contribution in [2.24, 2.45) is 5.92 Å². The molecule has 9 heteroatoms. The average Bonchev–Trinajstić information content (AvgIpc) is 2.67. The van der Waals surface area contributed by atoms with Crippen LogP contribution in [-0.4, -0.2) is 35.6 Å². The molecule has 0 saturated carbocycles. The van der Waals surface area contributed by atoms with E-state index in [4.69, 9.17) is 22.1 Å². The number of nitrogen functional groups attached to an aromatic ring is 1. The minimum Gasteiger partial charge on any atom is -0.466 e. The largest absolute Gasteiger partial charge is 0.466 e. The monoisotopic (exact) mass is 393 g/mol. The Morgan fingerprint density at radius 1 is 1.48 bits per heavy atom. The molecule has 27 heavy (non-hydrogen) atoms. The number of ether oxygens (including phenoxy) is 1. The van der Waals surface area contributed by atoms with Crippen molar-refractivity contribution in [1.29, 1.82) is 0 Å². The smallest absolute Gasteiger partial charge is 0.310 e. The summed E-state index contributed by atoms with van der Waals surface area (Å²) >= 11 is 5.81. The van der Waals surface area contributed by atoms with E-state index in [1.165, 1.54) is 18.5 Å². The topological polar surface area (TPSA) is 93.4 Å². The molecule has 1 unspecified atom stereocenters. The number of benzene rings is 1. The lowest BCUT2D eigenvalue weighted by atomic mass is 9.98. The van der Waals surface area contributed by atoms with Crippen molar-refractivity contribution in [2.75, 3.05) is 35.6 Å². The quantitative estimate of drug-likeness (QED) is 0.752. The molecule has 2 heterocycles. The van der Waals surface area contributed by atoms with Crippen LogP contribution in [0, 0.1) is 11.7 Å². The highest BCUT2D eigenvalue weighted by Gasteiger charge is 2.29. The molecule has 1 aliphatic heterocycles. The zero-order chi connectivity index (χ0) is 19.4. The first-order valence-corrected chi connectivity index (χ1v) is 9.11. The van der Waals surface area contributed by atoms with Gasteiger partial charge < -0.3 is 20.7 Å². The van der Waals surface area contributed by atoms with Crippen LogP contribution in [0.15, 0.2) is 24.5 Å². The molecule has 0 spiro atoms. The number of nitrogens with one attached hydrogen (secondary N) is 1. The molecule has 1 atom stereocenters. The van der Waals surface area contributed by atoms with E-state index in [1.54, 1.807) is 13.0 Å². The number of carbonyl (C=O) groups is 1. The van der Waals surface area contributed by atoms with Gasteiger partial charge in [0.25, 0.3) is 0 Å². The molecule has 1 aliphatic rings. The number of carbonyl (C=O) groups excluding carboxylic acids is 1. The molecule has 0 bridgehead atoms. The van der Waals surface area contributed by atoms with Gasteiger partial charge in [-0.05, 0) is 38.0 Å². The summed E-state index contributed by atoms with van der Waals surface area (Å²) in [4.78, 5) is 22.5. The van der Waals surface area contributed by atoms with Gasteiger partial charge in [0, 0.05) is 18.8 Å². The number of nitrogens with zero attached hydrogens (tertiary/aromatic N) is 3. The Balaban J connectivity index is 1.79. The predicted octanol–water partition coefficient (Wildman–Crippen LogP) is 3.37. The zero-order valence-corrected chi connectivity index (χ0v) is 15.7. The zero-order valence-electron chi connectivity index (χ0n) is 14.9. The van der Waals surface area contributed by atoms with Gasteiger partial charge >= 0.3 is 5.97 Å². The molecule has 3 rings (SSSR count). The maximum atomic E-state index is 13.3. The van der Waals surface area contributed by atoms with Crippen molar-refractivity contribution in [3.63, 3.8) is 0 Å². The molecule has 1 saturated heterocycles. The second-order valence-corrected chi connectivity index (χ2v) is 6.66. The number of piperidine rings is 1. The summed E-state index contributed by atoms with van der Waals surface area (Å²) in [6, 6.07) is 4.26. The molecule has 144 valence electrons. The average molecular weight is 394 g/mol. The molecule has 0 radical (unpaired) electrons. The molecule has 2 aromatic rings. The lowest BCUT2D eigenvalue weighted by Gasteiger charge is -2.33. The van der Waals surface area contributed by atoms with E-state index in [1.807, 2.05) is 4.90 Å². The lowest BCUT2D eigenvalue weighted by molar-refractivity contribution is -0.148. The van der Waals surface area contributed by atoms with Crippen LogP contribution in [0.3, 0.4) is 0 Å². The Hall–Kier alpha value is -2.61. The van der Waals surface area contributed by atoms with E-state index >= 15 is 0 Å². The third-order valence-electron chi connectivity index (χ3n) is 4.39. The number of rotatable bonds is 5. The van der Waals surface area contributed by atoms with Crippen molar-refractivity contribution in [3.8, 4) is 0 Å². The molecule has 1 aromatic heterocycles.